The van der Waals surface area contributed by atoms with Gasteiger partial charge in [-0.2, -0.15) is 0 Å². The van der Waals surface area contributed by atoms with E-state index in [1.54, 1.807) is 24.3 Å². The minimum Gasteiger partial charge on any atom is -0.495 e. The summed E-state index contributed by atoms with van der Waals surface area (Å²) in [5, 5.41) is 5.68. The lowest BCUT2D eigenvalue weighted by Gasteiger charge is -2.13. The number of ether oxygens (including phenoxy) is 2. The van der Waals surface area contributed by atoms with Crippen LogP contribution in [0.25, 0.3) is 0 Å². The minimum atomic E-state index is -0.454. The number of urea groups is 1. The van der Waals surface area contributed by atoms with Gasteiger partial charge in [0, 0.05) is 30.7 Å². The fourth-order valence-electron chi connectivity index (χ4n) is 2.30. The van der Waals surface area contributed by atoms with Crippen molar-refractivity contribution in [3.8, 4) is 11.5 Å². The van der Waals surface area contributed by atoms with Crippen molar-refractivity contribution < 1.29 is 19.1 Å². The highest BCUT2D eigenvalue weighted by Crippen LogP contribution is 2.35. The average molecular weight is 377 g/mol. The number of hydrogen-bond acceptors (Lipinski definition) is 4. The number of halogens is 1. The molecule has 0 aromatic heterocycles. The fraction of sp³-hybridized carbons (Fsp3) is 0.263. The summed E-state index contributed by atoms with van der Waals surface area (Å²) in [7, 11) is 2.95. The fourth-order valence-corrected chi connectivity index (χ4v) is 2.53. The molecule has 0 saturated heterocycles. The number of hydrogen-bond donors (Lipinski definition) is 2. The first-order valence-electron chi connectivity index (χ1n) is 8.01. The molecule has 0 spiro atoms. The molecule has 2 N–H and O–H groups in total. The van der Waals surface area contributed by atoms with Crippen LogP contribution in [0.2, 0.25) is 5.02 Å². The zero-order chi connectivity index (χ0) is 19.1. The third-order valence-corrected chi connectivity index (χ3v) is 4.03. The maximum Gasteiger partial charge on any atom is 0.319 e. The van der Waals surface area contributed by atoms with E-state index in [0.717, 1.165) is 5.56 Å². The zero-order valence-corrected chi connectivity index (χ0v) is 15.6. The van der Waals surface area contributed by atoms with Crippen LogP contribution in [0.3, 0.4) is 0 Å². The Morgan fingerprint density at radius 3 is 2.31 bits per heavy atom. The lowest BCUT2D eigenvalue weighted by atomic mass is 10.1. The molecule has 0 unspecified atom stereocenters. The van der Waals surface area contributed by atoms with Gasteiger partial charge in [-0.1, -0.05) is 41.4 Å². The lowest BCUT2D eigenvalue weighted by Crippen LogP contribution is -2.30. The first-order chi connectivity index (χ1) is 12.4. The van der Waals surface area contributed by atoms with Crippen molar-refractivity contribution in [3.05, 3.63) is 52.5 Å². The number of amides is 2. The average Bonchev–Trinajstić information content (AvgIpc) is 2.63. The van der Waals surface area contributed by atoms with Crippen LogP contribution in [0.5, 0.6) is 11.5 Å². The van der Waals surface area contributed by atoms with E-state index in [4.69, 9.17) is 21.1 Å². The Balaban J connectivity index is 1.91. The number of nitrogens with one attached hydrogen (secondary N) is 2. The van der Waals surface area contributed by atoms with Crippen LogP contribution in [-0.4, -0.2) is 32.6 Å². The van der Waals surface area contributed by atoms with Crippen molar-refractivity contribution in [2.45, 2.75) is 13.3 Å². The molecule has 0 radical (unpaired) electrons. The number of methoxy groups -OCH3 is 2. The first kappa shape index (κ1) is 19.6. The van der Waals surface area contributed by atoms with Gasteiger partial charge in [0.1, 0.15) is 11.5 Å². The summed E-state index contributed by atoms with van der Waals surface area (Å²) in [4.78, 5) is 24.2. The van der Waals surface area contributed by atoms with Crippen molar-refractivity contribution in [3.63, 3.8) is 0 Å². The van der Waals surface area contributed by atoms with Gasteiger partial charge in [0.25, 0.3) is 0 Å². The number of Topliss-reactive ketones (excluding diaryl/α,β-unsaturated/α-hetero) is 1. The highest BCUT2D eigenvalue weighted by Gasteiger charge is 2.13. The van der Waals surface area contributed by atoms with E-state index in [1.165, 1.54) is 14.2 Å². The van der Waals surface area contributed by atoms with Crippen molar-refractivity contribution >= 4 is 29.1 Å². The summed E-state index contributed by atoms with van der Waals surface area (Å²) in [6, 6.07) is 9.99. The monoisotopic (exact) mass is 376 g/mol. The number of anilines is 1. The summed E-state index contributed by atoms with van der Waals surface area (Å²) in [6.45, 7) is 2.17. The molecule has 0 bridgehead atoms. The van der Waals surface area contributed by atoms with Gasteiger partial charge in [0.2, 0.25) is 0 Å². The van der Waals surface area contributed by atoms with Gasteiger partial charge in [-0.3, -0.25) is 4.79 Å². The van der Waals surface area contributed by atoms with E-state index in [2.05, 4.69) is 10.6 Å². The Hall–Kier alpha value is -2.73. The van der Waals surface area contributed by atoms with Crippen LogP contribution in [-0.2, 0) is 0 Å². The van der Waals surface area contributed by atoms with Crippen LogP contribution >= 0.6 is 11.6 Å². The molecule has 7 heteroatoms. The third-order valence-electron chi connectivity index (χ3n) is 3.73. The summed E-state index contributed by atoms with van der Waals surface area (Å²) >= 11 is 6.03. The predicted octanol–water partition coefficient (Wildman–Crippen LogP) is 4.06. The van der Waals surface area contributed by atoms with Gasteiger partial charge in [-0.15, -0.1) is 0 Å². The van der Waals surface area contributed by atoms with Gasteiger partial charge >= 0.3 is 6.03 Å². The molecule has 138 valence electrons. The molecule has 0 heterocycles. The molecular weight excluding hydrogens is 356 g/mol. The van der Waals surface area contributed by atoms with Crippen LogP contribution < -0.4 is 20.1 Å². The molecule has 6 nitrogen and oxygen atoms in total. The first-order valence-corrected chi connectivity index (χ1v) is 8.38. The molecule has 2 aromatic carbocycles. The third kappa shape index (κ3) is 5.13. The summed E-state index contributed by atoms with van der Waals surface area (Å²) < 4.78 is 10.3. The van der Waals surface area contributed by atoms with Gasteiger partial charge in [-0.25, -0.2) is 4.79 Å². The minimum absolute atomic E-state index is 0.0314. The topological polar surface area (TPSA) is 76.7 Å². The smallest absolute Gasteiger partial charge is 0.319 e. The predicted molar refractivity (Wildman–Crippen MR) is 102 cm³/mol. The SMILES string of the molecule is COc1cc(NC(=O)NCCC(=O)c2ccc(C)cc2)c(OC)cc1Cl. The lowest BCUT2D eigenvalue weighted by molar-refractivity contribution is 0.0983. The molecule has 0 atom stereocenters. The van der Waals surface area contributed by atoms with Crippen LogP contribution in [0.1, 0.15) is 22.3 Å². The van der Waals surface area contributed by atoms with Crippen LogP contribution in [0.4, 0.5) is 10.5 Å². The summed E-state index contributed by atoms with van der Waals surface area (Å²) in [5.74, 6) is 0.787. The van der Waals surface area contributed by atoms with E-state index in [-0.39, 0.29) is 18.7 Å². The Labute approximate surface area is 157 Å². The zero-order valence-electron chi connectivity index (χ0n) is 14.9. The van der Waals surface area contributed by atoms with Crippen LogP contribution in [0, 0.1) is 6.92 Å². The standard InChI is InChI=1S/C19H21ClN2O4/c1-12-4-6-13(7-5-12)16(23)8-9-21-19(24)22-15-11-17(25-2)14(20)10-18(15)26-3/h4-7,10-11H,8-9H2,1-3H3,(H2,21,22,24). The van der Waals surface area contributed by atoms with Crippen molar-refractivity contribution in [2.24, 2.45) is 0 Å². The Morgan fingerprint density at radius 1 is 1.04 bits per heavy atom. The molecule has 2 amide bonds. The number of ketones is 1. The molecule has 26 heavy (non-hydrogen) atoms. The maximum atomic E-state index is 12.1. The van der Waals surface area contributed by atoms with Crippen molar-refractivity contribution in [2.75, 3.05) is 26.1 Å². The highest BCUT2D eigenvalue weighted by molar-refractivity contribution is 6.32. The molecule has 0 aliphatic heterocycles. The number of rotatable bonds is 7. The molecule has 0 aliphatic rings. The Bertz CT molecular complexity index is 791. The van der Waals surface area contributed by atoms with Crippen molar-refractivity contribution in [1.29, 1.82) is 0 Å². The molecule has 0 fully saturated rings. The largest absolute Gasteiger partial charge is 0.495 e. The van der Waals surface area contributed by atoms with E-state index in [9.17, 15) is 9.59 Å². The van der Waals surface area contributed by atoms with Crippen molar-refractivity contribution in [1.82, 2.24) is 5.32 Å². The van der Waals surface area contributed by atoms with E-state index in [1.807, 2.05) is 19.1 Å². The molecule has 2 aromatic rings. The number of benzene rings is 2. The number of carbonyl (C=O) groups excluding carboxylic acids is 2. The molecule has 0 saturated carbocycles. The number of carbonyl (C=O) groups is 2. The summed E-state index contributed by atoms with van der Waals surface area (Å²) in [6.07, 6.45) is 0.206. The van der Waals surface area contributed by atoms with Gasteiger partial charge < -0.3 is 20.1 Å². The second-order valence-corrected chi connectivity index (χ2v) is 6.01. The maximum absolute atomic E-state index is 12.1. The van der Waals surface area contributed by atoms with E-state index >= 15 is 0 Å². The second kappa shape index (κ2) is 9.10. The van der Waals surface area contributed by atoms with Gasteiger partial charge in [0.05, 0.1) is 24.9 Å². The van der Waals surface area contributed by atoms with E-state index in [0.29, 0.717) is 27.8 Å². The normalized spacial score (nSPS) is 10.2. The highest BCUT2D eigenvalue weighted by atomic mass is 35.5. The Kier molecular flexibility index (Phi) is 6.86. The van der Waals surface area contributed by atoms with Gasteiger partial charge in [0.15, 0.2) is 5.78 Å². The van der Waals surface area contributed by atoms with E-state index < -0.39 is 6.03 Å². The molecular formula is C19H21ClN2O4. The molecule has 2 rings (SSSR count). The second-order valence-electron chi connectivity index (χ2n) is 5.61. The number of aryl methyl sites for hydroxylation is 1. The van der Waals surface area contributed by atoms with Crippen LogP contribution in [0.15, 0.2) is 36.4 Å². The Morgan fingerprint density at radius 2 is 1.69 bits per heavy atom. The van der Waals surface area contributed by atoms with Gasteiger partial charge in [-0.05, 0) is 6.92 Å². The quantitative estimate of drug-likeness (QED) is 0.714. The molecule has 0 aliphatic carbocycles. The summed E-state index contributed by atoms with van der Waals surface area (Å²) in [5.41, 5.74) is 2.13.